The summed E-state index contributed by atoms with van der Waals surface area (Å²) in [5, 5.41) is 8.78. The van der Waals surface area contributed by atoms with Crippen molar-refractivity contribution in [3.05, 3.63) is 0 Å². The molecule has 0 unspecified atom stereocenters. The van der Waals surface area contributed by atoms with Crippen molar-refractivity contribution in [1.29, 1.82) is 0 Å². The molecule has 0 radical (unpaired) electrons. The van der Waals surface area contributed by atoms with Crippen LogP contribution < -0.4 is 0 Å². The Labute approximate surface area is 52.7 Å². The fourth-order valence-electron chi connectivity index (χ4n) is 1.14. The third kappa shape index (κ3) is 1.06. The largest absolute Gasteiger partial charge is 0.387 e. The number of rotatable bonds is 0. The Morgan fingerprint density at radius 3 is 2.22 bits per heavy atom. The Morgan fingerprint density at radius 1 is 1.56 bits per heavy atom. The maximum atomic E-state index is 12.3. The summed E-state index contributed by atoms with van der Waals surface area (Å²) < 4.78 is 24.7. The molecule has 0 heterocycles. The van der Waals surface area contributed by atoms with Gasteiger partial charge in [0.2, 0.25) is 0 Å². The molecule has 0 spiro atoms. The summed E-state index contributed by atoms with van der Waals surface area (Å²) in [4.78, 5) is 0. The van der Waals surface area contributed by atoms with Crippen molar-refractivity contribution in [3.8, 4) is 0 Å². The molecule has 0 aromatic carbocycles. The van der Waals surface area contributed by atoms with E-state index in [1.807, 2.05) is 0 Å². The third-order valence-electron chi connectivity index (χ3n) is 1.90. The number of hydrogen-bond donors (Lipinski definition) is 1. The quantitative estimate of drug-likeness (QED) is 0.533. The van der Waals surface area contributed by atoms with E-state index < -0.39 is 12.0 Å². The SMILES string of the molecule is C[C@H]1CCC(F)(F)[C@H]1O. The first-order chi connectivity index (χ1) is 4.04. The van der Waals surface area contributed by atoms with Crippen molar-refractivity contribution in [3.63, 3.8) is 0 Å². The van der Waals surface area contributed by atoms with Gasteiger partial charge in [0, 0.05) is 6.42 Å². The van der Waals surface area contributed by atoms with Gasteiger partial charge in [0.1, 0.15) is 6.10 Å². The zero-order chi connectivity index (χ0) is 7.07. The van der Waals surface area contributed by atoms with Gasteiger partial charge in [0.05, 0.1) is 0 Å². The van der Waals surface area contributed by atoms with E-state index in [9.17, 15) is 8.78 Å². The van der Waals surface area contributed by atoms with Gasteiger partial charge in [-0.1, -0.05) is 6.92 Å². The highest BCUT2D eigenvalue weighted by molar-refractivity contribution is 4.88. The van der Waals surface area contributed by atoms with Crippen LogP contribution in [0.2, 0.25) is 0 Å². The standard InChI is InChI=1S/C6H10F2O/c1-4-2-3-6(7,8)5(4)9/h4-5,9H,2-3H2,1H3/t4-,5-/m0/s1. The van der Waals surface area contributed by atoms with Crippen LogP contribution in [0.3, 0.4) is 0 Å². The van der Waals surface area contributed by atoms with Crippen molar-refractivity contribution < 1.29 is 13.9 Å². The van der Waals surface area contributed by atoms with Crippen molar-refractivity contribution in [2.24, 2.45) is 5.92 Å². The van der Waals surface area contributed by atoms with Crippen LogP contribution >= 0.6 is 0 Å². The van der Waals surface area contributed by atoms with E-state index in [0.717, 1.165) is 0 Å². The first kappa shape index (κ1) is 6.93. The normalized spacial score (nSPS) is 41.3. The van der Waals surface area contributed by atoms with Crippen LogP contribution in [0.15, 0.2) is 0 Å². The predicted octanol–water partition coefficient (Wildman–Crippen LogP) is 1.41. The first-order valence-corrected chi connectivity index (χ1v) is 3.10. The highest BCUT2D eigenvalue weighted by atomic mass is 19.3. The molecule has 1 rings (SSSR count). The maximum absolute atomic E-state index is 12.3. The monoisotopic (exact) mass is 136 g/mol. The van der Waals surface area contributed by atoms with E-state index in [1.54, 1.807) is 6.92 Å². The Kier molecular flexibility index (Phi) is 1.47. The topological polar surface area (TPSA) is 20.2 Å². The molecular formula is C6H10F2O. The molecule has 0 saturated heterocycles. The van der Waals surface area contributed by atoms with Gasteiger partial charge in [0.25, 0.3) is 5.92 Å². The lowest BCUT2D eigenvalue weighted by Gasteiger charge is -2.14. The van der Waals surface area contributed by atoms with E-state index in [1.165, 1.54) is 0 Å². The summed E-state index contributed by atoms with van der Waals surface area (Å²) in [6.45, 7) is 1.64. The molecule has 2 atom stereocenters. The van der Waals surface area contributed by atoms with Crippen LogP contribution in [0.4, 0.5) is 8.78 Å². The van der Waals surface area contributed by atoms with Crippen LogP contribution in [-0.2, 0) is 0 Å². The fourth-order valence-corrected chi connectivity index (χ4v) is 1.14. The maximum Gasteiger partial charge on any atom is 0.273 e. The molecule has 0 aliphatic heterocycles. The van der Waals surface area contributed by atoms with Crippen molar-refractivity contribution in [2.75, 3.05) is 0 Å². The van der Waals surface area contributed by atoms with E-state index in [4.69, 9.17) is 5.11 Å². The number of halogens is 2. The minimum absolute atomic E-state index is 0.157. The molecule has 1 aliphatic carbocycles. The minimum Gasteiger partial charge on any atom is -0.387 e. The molecule has 0 bridgehead atoms. The highest BCUT2D eigenvalue weighted by Crippen LogP contribution is 2.38. The molecule has 9 heavy (non-hydrogen) atoms. The lowest BCUT2D eigenvalue weighted by molar-refractivity contribution is -0.0960. The smallest absolute Gasteiger partial charge is 0.273 e. The zero-order valence-corrected chi connectivity index (χ0v) is 5.27. The lowest BCUT2D eigenvalue weighted by Crippen LogP contribution is -2.30. The highest BCUT2D eigenvalue weighted by Gasteiger charge is 2.46. The van der Waals surface area contributed by atoms with Gasteiger partial charge in [-0.15, -0.1) is 0 Å². The molecule has 1 fully saturated rings. The molecule has 1 N–H and O–H groups in total. The summed E-state index contributed by atoms with van der Waals surface area (Å²) in [5.41, 5.74) is 0. The molecule has 1 nitrogen and oxygen atoms in total. The van der Waals surface area contributed by atoms with Gasteiger partial charge in [-0.3, -0.25) is 0 Å². The molecule has 54 valence electrons. The average Bonchev–Trinajstić information content (AvgIpc) is 1.97. The van der Waals surface area contributed by atoms with Crippen molar-refractivity contribution >= 4 is 0 Å². The zero-order valence-electron chi connectivity index (χ0n) is 5.27. The number of aliphatic hydroxyl groups is 1. The van der Waals surface area contributed by atoms with Crippen LogP contribution in [0.5, 0.6) is 0 Å². The van der Waals surface area contributed by atoms with E-state index >= 15 is 0 Å². The molecule has 3 heteroatoms. The second-order valence-electron chi connectivity index (χ2n) is 2.72. The lowest BCUT2D eigenvalue weighted by atomic mass is 10.1. The second-order valence-corrected chi connectivity index (χ2v) is 2.72. The molecule has 1 saturated carbocycles. The van der Waals surface area contributed by atoms with Gasteiger partial charge >= 0.3 is 0 Å². The Hall–Kier alpha value is -0.180. The minimum atomic E-state index is -2.82. The molecule has 1 aliphatic rings. The third-order valence-corrected chi connectivity index (χ3v) is 1.90. The van der Waals surface area contributed by atoms with Crippen LogP contribution in [0.1, 0.15) is 19.8 Å². The second kappa shape index (κ2) is 1.90. The average molecular weight is 136 g/mol. The van der Waals surface area contributed by atoms with Gasteiger partial charge in [0.15, 0.2) is 0 Å². The van der Waals surface area contributed by atoms with Gasteiger partial charge in [-0.05, 0) is 12.3 Å². The summed E-state index contributed by atoms with van der Waals surface area (Å²) in [5.74, 6) is -3.06. The summed E-state index contributed by atoms with van der Waals surface area (Å²) >= 11 is 0. The molecular weight excluding hydrogens is 126 g/mol. The van der Waals surface area contributed by atoms with E-state index in [0.29, 0.717) is 6.42 Å². The first-order valence-electron chi connectivity index (χ1n) is 3.10. The Morgan fingerprint density at radius 2 is 2.11 bits per heavy atom. The van der Waals surface area contributed by atoms with E-state index in [-0.39, 0.29) is 12.3 Å². The van der Waals surface area contributed by atoms with Gasteiger partial charge < -0.3 is 5.11 Å². The van der Waals surface area contributed by atoms with Crippen LogP contribution in [0, 0.1) is 5.92 Å². The number of hydrogen-bond acceptors (Lipinski definition) is 1. The van der Waals surface area contributed by atoms with Crippen molar-refractivity contribution in [2.45, 2.75) is 31.8 Å². The van der Waals surface area contributed by atoms with Crippen molar-refractivity contribution in [1.82, 2.24) is 0 Å². The Balaban J connectivity index is 2.62. The Bertz CT molecular complexity index is 114. The van der Waals surface area contributed by atoms with Gasteiger partial charge in [-0.25, -0.2) is 8.78 Å². The van der Waals surface area contributed by atoms with E-state index in [2.05, 4.69) is 0 Å². The number of aliphatic hydroxyl groups excluding tert-OH is 1. The predicted molar refractivity (Wildman–Crippen MR) is 29.4 cm³/mol. The molecule has 0 aromatic heterocycles. The molecule has 0 amide bonds. The fraction of sp³-hybridized carbons (Fsp3) is 1.00. The summed E-state index contributed by atoms with van der Waals surface area (Å²) in [6.07, 6.45) is -1.12. The molecule has 0 aromatic rings. The van der Waals surface area contributed by atoms with Gasteiger partial charge in [-0.2, -0.15) is 0 Å². The van der Waals surface area contributed by atoms with Crippen LogP contribution in [-0.4, -0.2) is 17.1 Å². The van der Waals surface area contributed by atoms with Crippen LogP contribution in [0.25, 0.3) is 0 Å². The number of alkyl halides is 2. The summed E-state index contributed by atoms with van der Waals surface area (Å²) in [6, 6.07) is 0. The summed E-state index contributed by atoms with van der Waals surface area (Å²) in [7, 11) is 0.